The highest BCUT2D eigenvalue weighted by Crippen LogP contribution is 2.24. The Morgan fingerprint density at radius 1 is 1.43 bits per heavy atom. The number of urea groups is 2. The topological polar surface area (TPSA) is 95.1 Å². The third kappa shape index (κ3) is 5.05. The van der Waals surface area contributed by atoms with Crippen LogP contribution in [0.25, 0.3) is 0 Å². The van der Waals surface area contributed by atoms with E-state index in [-0.39, 0.29) is 12.2 Å². The lowest BCUT2D eigenvalue weighted by Gasteiger charge is -2.25. The van der Waals surface area contributed by atoms with Crippen molar-refractivity contribution in [3.63, 3.8) is 0 Å². The third-order valence-corrected chi connectivity index (χ3v) is 2.54. The fourth-order valence-electron chi connectivity index (χ4n) is 1.68. The fraction of sp³-hybridized carbons (Fsp3) is 0.250. The zero-order valence-corrected chi connectivity index (χ0v) is 11.8. The monoisotopic (exact) mass is 331 g/mol. The van der Waals surface area contributed by atoms with Crippen molar-refractivity contribution < 1.29 is 27.5 Å². The lowest BCUT2D eigenvalue weighted by molar-refractivity contribution is -0.274. The molecule has 1 aromatic carbocycles. The standard InChI is InChI=1S/C12H12F3N5O3/c1-7-6-20(11(22)18-17-7)19-10(21)16-8-3-2-4-9(5-8)23-12(13,14)15/h2-5H,6H2,1H3,(H,18,22)(H2,16,19,21). The molecule has 0 aliphatic carbocycles. The van der Waals surface area contributed by atoms with Crippen LogP contribution in [0.5, 0.6) is 5.75 Å². The van der Waals surface area contributed by atoms with Gasteiger partial charge in [0.15, 0.2) is 0 Å². The van der Waals surface area contributed by atoms with E-state index in [1.807, 2.05) is 0 Å². The minimum absolute atomic E-state index is 0.0621. The van der Waals surface area contributed by atoms with Gasteiger partial charge in [0.25, 0.3) is 0 Å². The molecule has 1 aromatic rings. The van der Waals surface area contributed by atoms with Gasteiger partial charge in [-0.2, -0.15) is 5.10 Å². The number of ether oxygens (including phenoxy) is 1. The quantitative estimate of drug-likeness (QED) is 0.791. The molecular weight excluding hydrogens is 319 g/mol. The molecule has 23 heavy (non-hydrogen) atoms. The van der Waals surface area contributed by atoms with Gasteiger partial charge in [-0.05, 0) is 19.1 Å². The smallest absolute Gasteiger partial charge is 0.406 e. The molecule has 0 saturated carbocycles. The van der Waals surface area contributed by atoms with E-state index in [1.165, 1.54) is 12.1 Å². The maximum atomic E-state index is 12.1. The Kier molecular flexibility index (Phi) is 4.57. The van der Waals surface area contributed by atoms with Crippen molar-refractivity contribution in [1.29, 1.82) is 0 Å². The molecule has 3 N–H and O–H groups in total. The van der Waals surface area contributed by atoms with Crippen molar-refractivity contribution in [3.05, 3.63) is 24.3 Å². The molecule has 124 valence electrons. The molecule has 8 nitrogen and oxygen atoms in total. The Labute approximate surface area is 128 Å². The first-order chi connectivity index (χ1) is 10.7. The van der Waals surface area contributed by atoms with Gasteiger partial charge < -0.3 is 10.1 Å². The number of halogens is 3. The van der Waals surface area contributed by atoms with Crippen LogP contribution < -0.4 is 20.9 Å². The Bertz CT molecular complexity index is 647. The molecule has 0 unspecified atom stereocenters. The second-order valence-electron chi connectivity index (χ2n) is 4.49. The third-order valence-electron chi connectivity index (χ3n) is 2.54. The van der Waals surface area contributed by atoms with Gasteiger partial charge in [0, 0.05) is 11.8 Å². The number of hydrazone groups is 1. The highest BCUT2D eigenvalue weighted by atomic mass is 19.4. The molecule has 0 spiro atoms. The van der Waals surface area contributed by atoms with Crippen molar-refractivity contribution in [2.24, 2.45) is 5.10 Å². The van der Waals surface area contributed by atoms with Gasteiger partial charge in [0.2, 0.25) is 0 Å². The van der Waals surface area contributed by atoms with E-state index in [4.69, 9.17) is 0 Å². The number of nitrogens with zero attached hydrogens (tertiary/aromatic N) is 2. The van der Waals surface area contributed by atoms with Crippen LogP contribution in [0.4, 0.5) is 28.4 Å². The zero-order valence-electron chi connectivity index (χ0n) is 11.8. The van der Waals surface area contributed by atoms with E-state index in [9.17, 15) is 22.8 Å². The molecule has 1 heterocycles. The molecule has 1 aliphatic rings. The molecule has 0 aromatic heterocycles. The minimum Gasteiger partial charge on any atom is -0.406 e. The fourth-order valence-corrected chi connectivity index (χ4v) is 1.68. The van der Waals surface area contributed by atoms with Crippen LogP contribution in [0.3, 0.4) is 0 Å². The number of hydrogen-bond donors (Lipinski definition) is 3. The zero-order chi connectivity index (χ0) is 17.0. The molecule has 0 fully saturated rings. The summed E-state index contributed by atoms with van der Waals surface area (Å²) in [5, 5.41) is 6.94. The van der Waals surface area contributed by atoms with Gasteiger partial charge in [0.1, 0.15) is 5.75 Å². The summed E-state index contributed by atoms with van der Waals surface area (Å²) >= 11 is 0. The Morgan fingerprint density at radius 2 is 2.17 bits per heavy atom. The van der Waals surface area contributed by atoms with Crippen molar-refractivity contribution in [3.8, 4) is 5.75 Å². The molecular formula is C12H12F3N5O3. The molecule has 1 aliphatic heterocycles. The highest BCUT2D eigenvalue weighted by molar-refractivity contribution is 5.95. The van der Waals surface area contributed by atoms with Gasteiger partial charge in [-0.3, -0.25) is 0 Å². The lowest BCUT2D eigenvalue weighted by atomic mass is 10.3. The second-order valence-corrected chi connectivity index (χ2v) is 4.49. The first-order valence-electron chi connectivity index (χ1n) is 6.27. The number of rotatable bonds is 3. The summed E-state index contributed by atoms with van der Waals surface area (Å²) in [7, 11) is 0. The predicted molar refractivity (Wildman–Crippen MR) is 73.6 cm³/mol. The average molecular weight is 331 g/mol. The van der Waals surface area contributed by atoms with Gasteiger partial charge >= 0.3 is 18.4 Å². The van der Waals surface area contributed by atoms with Crippen LogP contribution in [-0.4, -0.2) is 35.7 Å². The van der Waals surface area contributed by atoms with Crippen LogP contribution in [0, 0.1) is 0 Å². The summed E-state index contributed by atoms with van der Waals surface area (Å²) in [6, 6.07) is 3.29. The average Bonchev–Trinajstić information content (AvgIpc) is 2.41. The summed E-state index contributed by atoms with van der Waals surface area (Å²) in [5.74, 6) is -0.478. The van der Waals surface area contributed by atoms with Crippen LogP contribution in [0.15, 0.2) is 29.4 Å². The maximum absolute atomic E-state index is 12.1. The number of nitrogens with one attached hydrogen (secondary N) is 3. The van der Waals surface area contributed by atoms with Crippen LogP contribution in [0.1, 0.15) is 6.92 Å². The number of anilines is 1. The first kappa shape index (κ1) is 16.4. The SMILES string of the molecule is CC1=NNC(=O)N(NC(=O)Nc2cccc(OC(F)(F)F)c2)C1. The van der Waals surface area contributed by atoms with E-state index in [1.54, 1.807) is 6.92 Å². The Hall–Kier alpha value is -2.98. The molecule has 0 atom stereocenters. The van der Waals surface area contributed by atoms with Gasteiger partial charge in [0.05, 0.1) is 12.3 Å². The van der Waals surface area contributed by atoms with Gasteiger partial charge in [-0.15, -0.1) is 13.2 Å². The van der Waals surface area contributed by atoms with E-state index in [0.29, 0.717) is 5.71 Å². The highest BCUT2D eigenvalue weighted by Gasteiger charge is 2.31. The lowest BCUT2D eigenvalue weighted by Crippen LogP contribution is -2.55. The molecule has 0 bridgehead atoms. The summed E-state index contributed by atoms with van der Waals surface area (Å²) in [6.45, 7) is 1.72. The molecule has 4 amide bonds. The largest absolute Gasteiger partial charge is 0.573 e. The number of amides is 4. The van der Waals surface area contributed by atoms with Crippen LogP contribution >= 0.6 is 0 Å². The number of carbonyl (C=O) groups is 2. The number of alkyl halides is 3. The molecule has 0 radical (unpaired) electrons. The van der Waals surface area contributed by atoms with Crippen molar-refractivity contribution in [2.45, 2.75) is 13.3 Å². The predicted octanol–water partition coefficient (Wildman–Crippen LogP) is 2.02. The maximum Gasteiger partial charge on any atom is 0.573 e. The Balaban J connectivity index is 1.96. The summed E-state index contributed by atoms with van der Waals surface area (Å²) in [4.78, 5) is 23.2. The normalized spacial score (nSPS) is 14.7. The minimum atomic E-state index is -4.83. The molecule has 11 heteroatoms. The van der Waals surface area contributed by atoms with Crippen LogP contribution in [0.2, 0.25) is 0 Å². The van der Waals surface area contributed by atoms with Crippen molar-refractivity contribution in [2.75, 3.05) is 11.9 Å². The first-order valence-corrected chi connectivity index (χ1v) is 6.27. The number of hydrazine groups is 1. The van der Waals surface area contributed by atoms with E-state index < -0.39 is 24.2 Å². The van der Waals surface area contributed by atoms with Gasteiger partial charge in [-0.25, -0.2) is 25.4 Å². The van der Waals surface area contributed by atoms with E-state index >= 15 is 0 Å². The number of hydrogen-bond acceptors (Lipinski definition) is 4. The van der Waals surface area contributed by atoms with Crippen LogP contribution in [-0.2, 0) is 0 Å². The Morgan fingerprint density at radius 3 is 2.87 bits per heavy atom. The molecule has 0 saturated heterocycles. The van der Waals surface area contributed by atoms with E-state index in [2.05, 4.69) is 26.0 Å². The summed E-state index contributed by atoms with van der Waals surface area (Å²) < 4.78 is 40.2. The second kappa shape index (κ2) is 6.42. The van der Waals surface area contributed by atoms with E-state index in [0.717, 1.165) is 17.1 Å². The number of carbonyl (C=O) groups excluding carboxylic acids is 2. The summed E-state index contributed by atoms with van der Waals surface area (Å²) in [5.41, 5.74) is 5.04. The summed E-state index contributed by atoms with van der Waals surface area (Å²) in [6.07, 6.45) is -4.83. The van der Waals surface area contributed by atoms with Crippen molar-refractivity contribution in [1.82, 2.24) is 15.9 Å². The molecule has 2 rings (SSSR count). The van der Waals surface area contributed by atoms with Crippen molar-refractivity contribution >= 4 is 23.5 Å². The van der Waals surface area contributed by atoms with Gasteiger partial charge in [-0.1, -0.05) is 6.07 Å². The number of benzene rings is 1.